The predicted octanol–water partition coefficient (Wildman–Crippen LogP) is 2.75. The summed E-state index contributed by atoms with van der Waals surface area (Å²) in [6, 6.07) is 11.0. The van der Waals surface area contributed by atoms with Crippen LogP contribution in [-0.2, 0) is 14.8 Å². The lowest BCUT2D eigenvalue weighted by atomic mass is 10.2. The number of halogens is 1. The van der Waals surface area contributed by atoms with Crippen LogP contribution in [0.2, 0.25) is 0 Å². The van der Waals surface area contributed by atoms with E-state index >= 15 is 0 Å². The first-order chi connectivity index (χ1) is 12.3. The molecule has 1 aliphatic rings. The highest BCUT2D eigenvalue weighted by Gasteiger charge is 2.33. The number of rotatable bonds is 5. The normalized spacial score (nSPS) is 17.4. The quantitative estimate of drug-likeness (QED) is 0.868. The molecule has 6 nitrogen and oxygen atoms in total. The molecule has 0 saturated carbocycles. The van der Waals surface area contributed by atoms with Gasteiger partial charge in [0.15, 0.2) is 0 Å². The highest BCUT2D eigenvalue weighted by atomic mass is 32.2. The Morgan fingerprint density at radius 2 is 2.00 bits per heavy atom. The lowest BCUT2D eigenvalue weighted by Gasteiger charge is -2.14. The molecule has 0 bridgehead atoms. The van der Waals surface area contributed by atoms with Crippen molar-refractivity contribution in [2.75, 3.05) is 18.0 Å². The fourth-order valence-corrected chi connectivity index (χ4v) is 3.86. The Kier molecular flexibility index (Phi) is 4.97. The zero-order valence-corrected chi connectivity index (χ0v) is 15.2. The first-order valence-corrected chi connectivity index (χ1v) is 9.55. The van der Waals surface area contributed by atoms with Crippen LogP contribution in [0.25, 0.3) is 0 Å². The second-order valence-electron chi connectivity index (χ2n) is 6.22. The number of carbonyl (C=O) groups excluding carboxylic acids is 1. The lowest BCUT2D eigenvalue weighted by Crippen LogP contribution is -2.34. The van der Waals surface area contributed by atoms with Crippen molar-refractivity contribution in [2.24, 2.45) is 0 Å². The van der Waals surface area contributed by atoms with Crippen molar-refractivity contribution in [2.45, 2.75) is 24.8 Å². The van der Waals surface area contributed by atoms with Gasteiger partial charge in [0.05, 0.1) is 11.4 Å². The number of sulfonamides is 1. The minimum Gasteiger partial charge on any atom is -0.443 e. The molecule has 1 unspecified atom stereocenters. The summed E-state index contributed by atoms with van der Waals surface area (Å²) in [5.74, 6) is -0.470. The van der Waals surface area contributed by atoms with Crippen LogP contribution in [0.3, 0.4) is 0 Å². The number of nitrogens with zero attached hydrogens (tertiary/aromatic N) is 1. The molecule has 1 heterocycles. The third-order valence-electron chi connectivity index (χ3n) is 4.13. The van der Waals surface area contributed by atoms with Crippen molar-refractivity contribution < 1.29 is 22.3 Å². The van der Waals surface area contributed by atoms with E-state index in [1.165, 1.54) is 24.0 Å². The number of benzene rings is 2. The number of carbonyl (C=O) groups is 1. The zero-order chi connectivity index (χ0) is 18.9. The Hall–Kier alpha value is -2.45. The van der Waals surface area contributed by atoms with E-state index in [2.05, 4.69) is 4.72 Å². The van der Waals surface area contributed by atoms with E-state index in [0.717, 1.165) is 11.6 Å². The second-order valence-corrected chi connectivity index (χ2v) is 7.99. The standard InChI is InChI=1S/C18H19FN2O4S/c1-12-4-3-5-14(8-12)21-11-15(25-18(21)22)10-20-26(23,24)16-6-7-17(19)13(2)9-16/h3-9,15,20H,10-11H2,1-2H3. The van der Waals surface area contributed by atoms with Crippen molar-refractivity contribution in [1.29, 1.82) is 0 Å². The molecule has 0 spiro atoms. The molecule has 0 aromatic heterocycles. The molecular weight excluding hydrogens is 359 g/mol. The number of amides is 1. The highest BCUT2D eigenvalue weighted by molar-refractivity contribution is 7.89. The molecule has 1 aliphatic heterocycles. The van der Waals surface area contributed by atoms with Crippen LogP contribution in [-0.4, -0.2) is 33.7 Å². The zero-order valence-electron chi connectivity index (χ0n) is 14.4. The summed E-state index contributed by atoms with van der Waals surface area (Å²) >= 11 is 0. The largest absolute Gasteiger partial charge is 0.443 e. The van der Waals surface area contributed by atoms with E-state index in [-0.39, 0.29) is 23.5 Å². The van der Waals surface area contributed by atoms with E-state index in [1.54, 1.807) is 6.07 Å². The Bertz CT molecular complexity index is 946. The number of hydrogen-bond acceptors (Lipinski definition) is 4. The molecule has 138 valence electrons. The molecule has 1 fully saturated rings. The first kappa shape index (κ1) is 18.3. The van der Waals surface area contributed by atoms with Crippen molar-refractivity contribution in [3.05, 3.63) is 59.4 Å². The molecule has 8 heteroatoms. The van der Waals surface area contributed by atoms with Gasteiger partial charge in [-0.2, -0.15) is 0 Å². The molecule has 1 amide bonds. The van der Waals surface area contributed by atoms with Gasteiger partial charge in [-0.15, -0.1) is 0 Å². The van der Waals surface area contributed by atoms with Crippen LogP contribution in [0.15, 0.2) is 47.4 Å². The van der Waals surface area contributed by atoms with Crippen molar-refractivity contribution >= 4 is 21.8 Å². The van der Waals surface area contributed by atoms with Crippen LogP contribution in [0.5, 0.6) is 0 Å². The maximum atomic E-state index is 13.3. The van der Waals surface area contributed by atoms with Crippen molar-refractivity contribution in [3.8, 4) is 0 Å². The molecule has 1 saturated heterocycles. The summed E-state index contributed by atoms with van der Waals surface area (Å²) in [5, 5.41) is 0. The monoisotopic (exact) mass is 378 g/mol. The molecule has 2 aromatic carbocycles. The van der Waals surface area contributed by atoms with E-state index in [9.17, 15) is 17.6 Å². The summed E-state index contributed by atoms with van der Waals surface area (Å²) in [4.78, 5) is 13.5. The van der Waals surface area contributed by atoms with Gasteiger partial charge in [-0.25, -0.2) is 22.3 Å². The maximum Gasteiger partial charge on any atom is 0.414 e. The van der Waals surface area contributed by atoms with Crippen molar-refractivity contribution in [3.63, 3.8) is 0 Å². The van der Waals surface area contributed by atoms with Crippen LogP contribution >= 0.6 is 0 Å². The average Bonchev–Trinajstić information content (AvgIpc) is 2.96. The van der Waals surface area contributed by atoms with Crippen LogP contribution < -0.4 is 9.62 Å². The summed E-state index contributed by atoms with van der Waals surface area (Å²) in [5.41, 5.74) is 1.95. The van der Waals surface area contributed by atoms with Gasteiger partial charge < -0.3 is 4.74 Å². The van der Waals surface area contributed by atoms with Gasteiger partial charge in [0.25, 0.3) is 0 Å². The van der Waals surface area contributed by atoms with Gasteiger partial charge in [0.2, 0.25) is 10.0 Å². The Labute approximate surface area is 151 Å². The Morgan fingerprint density at radius 1 is 1.23 bits per heavy atom. The number of aryl methyl sites for hydroxylation is 2. The van der Waals surface area contributed by atoms with E-state index in [0.29, 0.717) is 5.69 Å². The van der Waals surface area contributed by atoms with Gasteiger partial charge in [-0.1, -0.05) is 12.1 Å². The molecule has 0 radical (unpaired) electrons. The molecule has 3 rings (SSSR count). The summed E-state index contributed by atoms with van der Waals surface area (Å²) < 4.78 is 45.7. The molecule has 1 N–H and O–H groups in total. The smallest absolute Gasteiger partial charge is 0.414 e. The van der Waals surface area contributed by atoms with Crippen LogP contribution in [0.1, 0.15) is 11.1 Å². The topological polar surface area (TPSA) is 75.7 Å². The Balaban J connectivity index is 1.66. The number of anilines is 1. The fraction of sp³-hybridized carbons (Fsp3) is 0.278. The predicted molar refractivity (Wildman–Crippen MR) is 95.1 cm³/mol. The maximum absolute atomic E-state index is 13.3. The molecule has 26 heavy (non-hydrogen) atoms. The summed E-state index contributed by atoms with van der Waals surface area (Å²) in [7, 11) is -3.82. The number of hydrogen-bond donors (Lipinski definition) is 1. The third-order valence-corrected chi connectivity index (χ3v) is 5.55. The SMILES string of the molecule is Cc1cccc(N2CC(CNS(=O)(=O)c3ccc(F)c(C)c3)OC2=O)c1. The van der Waals surface area contributed by atoms with Crippen molar-refractivity contribution in [1.82, 2.24) is 4.72 Å². The third kappa shape index (κ3) is 3.86. The highest BCUT2D eigenvalue weighted by Crippen LogP contribution is 2.22. The minimum atomic E-state index is -3.82. The van der Waals surface area contributed by atoms with Gasteiger partial charge in [0, 0.05) is 12.2 Å². The van der Waals surface area contributed by atoms with Gasteiger partial charge in [-0.05, 0) is 55.3 Å². The number of ether oxygens (including phenoxy) is 1. The second kappa shape index (κ2) is 7.05. The molecule has 0 aliphatic carbocycles. The van der Waals surface area contributed by atoms with Crippen LogP contribution in [0, 0.1) is 19.7 Å². The van der Waals surface area contributed by atoms with Gasteiger partial charge in [-0.3, -0.25) is 4.90 Å². The minimum absolute atomic E-state index is 0.0312. The number of nitrogens with one attached hydrogen (secondary N) is 1. The van der Waals surface area contributed by atoms with Gasteiger partial charge in [0.1, 0.15) is 11.9 Å². The van der Waals surface area contributed by atoms with E-state index in [1.807, 2.05) is 25.1 Å². The lowest BCUT2D eigenvalue weighted by molar-refractivity contribution is 0.143. The molecule has 1 atom stereocenters. The number of cyclic esters (lactones) is 1. The van der Waals surface area contributed by atoms with E-state index < -0.39 is 28.0 Å². The Morgan fingerprint density at radius 3 is 2.69 bits per heavy atom. The first-order valence-electron chi connectivity index (χ1n) is 8.07. The van der Waals surface area contributed by atoms with Crippen LogP contribution in [0.4, 0.5) is 14.9 Å². The average molecular weight is 378 g/mol. The summed E-state index contributed by atoms with van der Waals surface area (Å²) in [6.07, 6.45) is -1.13. The fourth-order valence-electron chi connectivity index (χ4n) is 2.70. The summed E-state index contributed by atoms with van der Waals surface area (Å²) in [6.45, 7) is 3.59. The molecule has 2 aromatic rings. The molecular formula is C18H19FN2O4S. The van der Waals surface area contributed by atoms with E-state index in [4.69, 9.17) is 4.74 Å². The van der Waals surface area contributed by atoms with Gasteiger partial charge >= 0.3 is 6.09 Å².